The first-order valence-electron chi connectivity index (χ1n) is 8.49. The topological polar surface area (TPSA) is 41.6 Å². The van der Waals surface area contributed by atoms with Gasteiger partial charge in [0, 0.05) is 29.7 Å². The number of methoxy groups -OCH3 is 1. The van der Waals surface area contributed by atoms with Crippen LogP contribution in [0.4, 0.5) is 0 Å². The van der Waals surface area contributed by atoms with Crippen LogP contribution >= 0.6 is 24.0 Å². The second kappa shape index (κ2) is 8.93. The molecule has 1 N–H and O–H groups in total. The predicted octanol–water partition coefficient (Wildman–Crippen LogP) is 3.30. The summed E-state index contributed by atoms with van der Waals surface area (Å²) in [6.07, 6.45) is 5.21. The maximum Gasteiger partial charge on any atom is 0.227 e. The lowest BCUT2D eigenvalue weighted by Gasteiger charge is -2.32. The highest BCUT2D eigenvalue weighted by Crippen LogP contribution is 2.28. The maximum absolute atomic E-state index is 12.5. The van der Waals surface area contributed by atoms with Crippen molar-refractivity contribution in [2.24, 2.45) is 5.92 Å². The predicted molar refractivity (Wildman–Crippen MR) is 99.3 cm³/mol. The van der Waals surface area contributed by atoms with Crippen LogP contribution in [0.15, 0.2) is 18.2 Å². The van der Waals surface area contributed by atoms with Crippen LogP contribution in [-0.2, 0) is 11.2 Å². The van der Waals surface area contributed by atoms with Gasteiger partial charge < -0.3 is 15.0 Å². The molecule has 2 aliphatic rings. The number of likely N-dealkylation sites (tertiary alicyclic amines) is 1. The summed E-state index contributed by atoms with van der Waals surface area (Å²) >= 11 is 6.04. The first kappa shape index (κ1) is 19.4. The number of benzene rings is 1. The van der Waals surface area contributed by atoms with Crippen LogP contribution in [0.3, 0.4) is 0 Å². The van der Waals surface area contributed by atoms with Crippen molar-refractivity contribution < 1.29 is 9.53 Å². The van der Waals surface area contributed by atoms with Crippen molar-refractivity contribution in [1.82, 2.24) is 10.2 Å². The number of rotatable bonds is 6. The maximum atomic E-state index is 12.5. The number of hydrogen-bond acceptors (Lipinski definition) is 3. The van der Waals surface area contributed by atoms with Crippen molar-refractivity contribution in [1.29, 1.82) is 0 Å². The van der Waals surface area contributed by atoms with Crippen LogP contribution in [0.2, 0.25) is 5.02 Å². The molecule has 0 aromatic heterocycles. The third-order valence-electron chi connectivity index (χ3n) is 4.82. The molecule has 2 fully saturated rings. The Hall–Kier alpha value is -0.970. The summed E-state index contributed by atoms with van der Waals surface area (Å²) in [6, 6.07) is 5.99. The zero-order valence-electron chi connectivity index (χ0n) is 14.1. The van der Waals surface area contributed by atoms with E-state index in [1.54, 1.807) is 13.2 Å². The number of piperidine rings is 1. The van der Waals surface area contributed by atoms with Gasteiger partial charge in [0.15, 0.2) is 0 Å². The quantitative estimate of drug-likeness (QED) is 0.832. The zero-order chi connectivity index (χ0) is 16.2. The molecule has 1 aromatic carbocycles. The average molecular weight is 373 g/mol. The summed E-state index contributed by atoms with van der Waals surface area (Å²) in [4.78, 5) is 14.5. The molecular weight excluding hydrogens is 347 g/mol. The molecule has 1 heterocycles. The molecule has 24 heavy (non-hydrogen) atoms. The van der Waals surface area contributed by atoms with E-state index in [1.807, 2.05) is 17.0 Å². The van der Waals surface area contributed by atoms with Crippen molar-refractivity contribution >= 4 is 29.9 Å². The molecule has 1 amide bonds. The number of halogens is 2. The largest absolute Gasteiger partial charge is 0.496 e. The fourth-order valence-electron chi connectivity index (χ4n) is 3.15. The minimum absolute atomic E-state index is 0. The Balaban J connectivity index is 0.00000208. The summed E-state index contributed by atoms with van der Waals surface area (Å²) in [7, 11) is 1.62. The van der Waals surface area contributed by atoms with Crippen molar-refractivity contribution in [2.45, 2.75) is 38.1 Å². The highest BCUT2D eigenvalue weighted by molar-refractivity contribution is 6.30. The first-order valence-corrected chi connectivity index (χ1v) is 8.87. The number of amides is 1. The van der Waals surface area contributed by atoms with Crippen LogP contribution in [0.25, 0.3) is 0 Å². The van der Waals surface area contributed by atoms with Crippen LogP contribution in [0.1, 0.15) is 31.2 Å². The van der Waals surface area contributed by atoms with Gasteiger partial charge in [-0.3, -0.25) is 4.79 Å². The summed E-state index contributed by atoms with van der Waals surface area (Å²) in [5.74, 6) is 1.79. The third kappa shape index (κ3) is 5.27. The molecule has 0 unspecified atom stereocenters. The smallest absolute Gasteiger partial charge is 0.227 e. The molecule has 0 radical (unpaired) electrons. The normalized spacial score (nSPS) is 18.2. The Morgan fingerprint density at radius 2 is 2.00 bits per heavy atom. The highest BCUT2D eigenvalue weighted by Gasteiger charge is 2.26. The van der Waals surface area contributed by atoms with E-state index in [0.717, 1.165) is 49.7 Å². The van der Waals surface area contributed by atoms with Crippen LogP contribution < -0.4 is 10.1 Å². The van der Waals surface area contributed by atoms with Gasteiger partial charge in [0.1, 0.15) is 5.75 Å². The molecule has 0 spiro atoms. The van der Waals surface area contributed by atoms with E-state index in [1.165, 1.54) is 12.8 Å². The van der Waals surface area contributed by atoms with E-state index < -0.39 is 0 Å². The minimum Gasteiger partial charge on any atom is -0.496 e. The Kier molecular flexibility index (Phi) is 7.20. The summed E-state index contributed by atoms with van der Waals surface area (Å²) in [5.41, 5.74) is 0.860. The van der Waals surface area contributed by atoms with E-state index in [0.29, 0.717) is 17.5 Å². The lowest BCUT2D eigenvalue weighted by Crippen LogP contribution is -2.45. The van der Waals surface area contributed by atoms with Crippen molar-refractivity contribution in [2.75, 3.05) is 26.7 Å². The molecule has 1 saturated heterocycles. The molecule has 0 bridgehead atoms. The summed E-state index contributed by atoms with van der Waals surface area (Å²) in [6.45, 7) is 2.83. The standard InChI is InChI=1S/C18H25ClN2O2.ClH/c1-23-17-5-4-15(19)10-14(17)11-18(22)21-8-6-16(7-9-21)20-12-13-2-3-13;/h4-5,10,13,16,20H,2-3,6-9,11-12H2,1H3;1H. The van der Waals surface area contributed by atoms with Gasteiger partial charge in [0.2, 0.25) is 5.91 Å². The molecule has 0 atom stereocenters. The second-order valence-electron chi connectivity index (χ2n) is 6.64. The van der Waals surface area contributed by atoms with Crippen LogP contribution in [-0.4, -0.2) is 43.6 Å². The van der Waals surface area contributed by atoms with E-state index in [4.69, 9.17) is 16.3 Å². The minimum atomic E-state index is 0. The number of ether oxygens (including phenoxy) is 1. The molecule has 1 aromatic rings. The van der Waals surface area contributed by atoms with Gasteiger partial charge in [-0.2, -0.15) is 0 Å². The van der Waals surface area contributed by atoms with Crippen molar-refractivity contribution in [3.63, 3.8) is 0 Å². The van der Waals surface area contributed by atoms with E-state index in [2.05, 4.69) is 5.32 Å². The SMILES string of the molecule is COc1ccc(Cl)cc1CC(=O)N1CCC(NCC2CC2)CC1.Cl. The van der Waals surface area contributed by atoms with Crippen molar-refractivity contribution in [3.05, 3.63) is 28.8 Å². The first-order chi connectivity index (χ1) is 11.2. The molecule has 1 saturated carbocycles. The zero-order valence-corrected chi connectivity index (χ0v) is 15.7. The summed E-state index contributed by atoms with van der Waals surface area (Å²) in [5, 5.41) is 4.28. The highest BCUT2D eigenvalue weighted by atomic mass is 35.5. The molecule has 4 nitrogen and oxygen atoms in total. The number of nitrogens with one attached hydrogen (secondary N) is 1. The lowest BCUT2D eigenvalue weighted by atomic mass is 10.0. The van der Waals surface area contributed by atoms with Crippen molar-refractivity contribution in [3.8, 4) is 5.75 Å². The van der Waals surface area contributed by atoms with Gasteiger partial charge in [-0.05, 0) is 56.3 Å². The van der Waals surface area contributed by atoms with E-state index >= 15 is 0 Å². The molecule has 1 aliphatic heterocycles. The Bertz CT molecular complexity index is 556. The number of nitrogens with zero attached hydrogens (tertiary/aromatic N) is 1. The second-order valence-corrected chi connectivity index (χ2v) is 7.08. The molecular formula is C18H26Cl2N2O2. The van der Waals surface area contributed by atoms with Gasteiger partial charge >= 0.3 is 0 Å². The molecule has 1 aliphatic carbocycles. The molecule has 3 rings (SSSR count). The number of hydrogen-bond donors (Lipinski definition) is 1. The fraction of sp³-hybridized carbons (Fsp3) is 0.611. The van der Waals surface area contributed by atoms with Gasteiger partial charge in [-0.15, -0.1) is 12.4 Å². The Morgan fingerprint density at radius 3 is 2.62 bits per heavy atom. The van der Waals surface area contributed by atoms with Gasteiger partial charge in [-0.1, -0.05) is 11.6 Å². The number of carbonyl (C=O) groups is 1. The van der Waals surface area contributed by atoms with E-state index in [9.17, 15) is 4.79 Å². The van der Waals surface area contributed by atoms with Gasteiger partial charge in [-0.25, -0.2) is 0 Å². The monoisotopic (exact) mass is 372 g/mol. The summed E-state index contributed by atoms with van der Waals surface area (Å²) < 4.78 is 5.33. The van der Waals surface area contributed by atoms with Crippen LogP contribution in [0.5, 0.6) is 5.75 Å². The lowest BCUT2D eigenvalue weighted by molar-refractivity contribution is -0.131. The third-order valence-corrected chi connectivity index (χ3v) is 5.06. The average Bonchev–Trinajstić information content (AvgIpc) is 3.38. The Morgan fingerprint density at radius 1 is 1.29 bits per heavy atom. The van der Waals surface area contributed by atoms with Crippen LogP contribution in [0, 0.1) is 5.92 Å². The van der Waals surface area contributed by atoms with E-state index in [-0.39, 0.29) is 18.3 Å². The number of carbonyl (C=O) groups excluding carboxylic acids is 1. The van der Waals surface area contributed by atoms with Gasteiger partial charge in [0.05, 0.1) is 13.5 Å². The Labute approximate surface area is 155 Å². The molecule has 6 heteroatoms. The molecule has 134 valence electrons. The van der Waals surface area contributed by atoms with Gasteiger partial charge in [0.25, 0.3) is 0 Å². The fourth-order valence-corrected chi connectivity index (χ4v) is 3.34.